The zero-order valence-corrected chi connectivity index (χ0v) is 25.8. The van der Waals surface area contributed by atoms with Gasteiger partial charge < -0.3 is 15.0 Å². The lowest BCUT2D eigenvalue weighted by atomic mass is 10.0. The summed E-state index contributed by atoms with van der Waals surface area (Å²) in [6.45, 7) is 6.15. The number of aryl methyl sites for hydroxylation is 2. The van der Waals surface area contributed by atoms with E-state index in [-0.39, 0.29) is 18.4 Å². The van der Waals surface area contributed by atoms with Gasteiger partial charge >= 0.3 is 0 Å². The summed E-state index contributed by atoms with van der Waals surface area (Å²) in [4.78, 5) is 40.2. The molecule has 226 valence electrons. The van der Waals surface area contributed by atoms with Crippen LogP contribution in [0.3, 0.4) is 0 Å². The van der Waals surface area contributed by atoms with Crippen LogP contribution in [0.5, 0.6) is 5.75 Å². The number of para-hydroxylation sites is 1. The van der Waals surface area contributed by atoms with E-state index >= 15 is 0 Å². The number of benzene rings is 2. The molecule has 2 aromatic carbocycles. The van der Waals surface area contributed by atoms with Gasteiger partial charge in [-0.3, -0.25) is 19.6 Å². The number of hydrogen-bond donors (Lipinski definition) is 1. The lowest BCUT2D eigenvalue weighted by molar-refractivity contribution is -0.122. The van der Waals surface area contributed by atoms with Crippen molar-refractivity contribution in [1.29, 1.82) is 0 Å². The van der Waals surface area contributed by atoms with Crippen LogP contribution in [0.2, 0.25) is 0 Å². The minimum Gasteiger partial charge on any atom is -0.487 e. The summed E-state index contributed by atoms with van der Waals surface area (Å²) in [5.74, 6) is 0.105. The van der Waals surface area contributed by atoms with Crippen LogP contribution >= 0.6 is 0 Å². The second-order valence-electron chi connectivity index (χ2n) is 10.7. The van der Waals surface area contributed by atoms with Crippen molar-refractivity contribution in [3.05, 3.63) is 131 Å². The summed E-state index contributed by atoms with van der Waals surface area (Å²) >= 11 is 0. The minimum absolute atomic E-state index is 0.142. The van der Waals surface area contributed by atoms with E-state index in [0.29, 0.717) is 12.4 Å². The van der Waals surface area contributed by atoms with Gasteiger partial charge in [-0.2, -0.15) is 0 Å². The molecule has 3 heterocycles. The Labute approximate surface area is 263 Å². The molecule has 0 saturated heterocycles. The number of amides is 2. The number of carbonyl (C=O) groups is 2. The molecular weight excluding hydrogens is 562 g/mol. The lowest BCUT2D eigenvalue weighted by Gasteiger charge is -2.23. The Kier molecular flexibility index (Phi) is 9.74. The van der Waals surface area contributed by atoms with Crippen molar-refractivity contribution in [2.45, 2.75) is 27.4 Å². The zero-order chi connectivity index (χ0) is 31.8. The van der Waals surface area contributed by atoms with Gasteiger partial charge in [0.05, 0.1) is 12.2 Å². The van der Waals surface area contributed by atoms with Crippen LogP contribution < -0.4 is 15.0 Å². The number of rotatable bonds is 10. The highest BCUT2D eigenvalue weighted by Crippen LogP contribution is 2.29. The van der Waals surface area contributed by atoms with Crippen LogP contribution in [0.15, 0.2) is 91.4 Å². The van der Waals surface area contributed by atoms with Gasteiger partial charge in [-0.05, 0) is 97.1 Å². The van der Waals surface area contributed by atoms with E-state index in [9.17, 15) is 9.59 Å². The van der Waals surface area contributed by atoms with E-state index in [4.69, 9.17) is 4.74 Å². The Morgan fingerprint density at radius 2 is 1.71 bits per heavy atom. The molecule has 0 saturated carbocycles. The highest BCUT2D eigenvalue weighted by atomic mass is 16.5. The molecule has 0 fully saturated rings. The first-order chi connectivity index (χ1) is 21.8. The van der Waals surface area contributed by atoms with Crippen molar-refractivity contribution in [2.24, 2.45) is 0 Å². The summed E-state index contributed by atoms with van der Waals surface area (Å²) in [5, 5.41) is 3.70. The van der Waals surface area contributed by atoms with E-state index in [1.807, 2.05) is 99.7 Å². The number of pyridine rings is 3. The van der Waals surface area contributed by atoms with E-state index in [2.05, 4.69) is 20.3 Å². The molecule has 45 heavy (non-hydrogen) atoms. The third-order valence-electron chi connectivity index (χ3n) is 7.54. The molecule has 0 radical (unpaired) electrons. The monoisotopic (exact) mass is 597 g/mol. The van der Waals surface area contributed by atoms with Gasteiger partial charge in [0.2, 0.25) is 11.8 Å². The van der Waals surface area contributed by atoms with Crippen LogP contribution in [0.1, 0.15) is 39.2 Å². The van der Waals surface area contributed by atoms with Gasteiger partial charge in [-0.1, -0.05) is 36.4 Å². The molecule has 0 bridgehead atoms. The van der Waals surface area contributed by atoms with Gasteiger partial charge in [-0.25, -0.2) is 4.98 Å². The van der Waals surface area contributed by atoms with Crippen LogP contribution in [-0.2, 0) is 16.2 Å². The number of fused-ring (bicyclic) bond motifs is 1. The maximum absolute atomic E-state index is 13.1. The Bertz CT molecular complexity index is 1880. The second-order valence-corrected chi connectivity index (χ2v) is 10.7. The third kappa shape index (κ3) is 7.86. The average Bonchev–Trinajstić information content (AvgIpc) is 3.06. The smallest absolute Gasteiger partial charge is 0.246 e. The Morgan fingerprint density at radius 3 is 2.49 bits per heavy atom. The van der Waals surface area contributed by atoms with E-state index < -0.39 is 0 Å². The number of hydrogen-bond acceptors (Lipinski definition) is 6. The molecule has 5 rings (SSSR count). The molecule has 0 aliphatic carbocycles. The Morgan fingerprint density at radius 1 is 0.889 bits per heavy atom. The first-order valence-electron chi connectivity index (χ1n) is 14.6. The maximum atomic E-state index is 13.1. The van der Waals surface area contributed by atoms with E-state index in [0.717, 1.165) is 55.8 Å². The fourth-order valence-corrected chi connectivity index (χ4v) is 4.87. The summed E-state index contributed by atoms with van der Waals surface area (Å²) in [5.41, 5.74) is 8.10. The average molecular weight is 598 g/mol. The van der Waals surface area contributed by atoms with E-state index in [1.165, 1.54) is 6.08 Å². The van der Waals surface area contributed by atoms with E-state index in [1.54, 1.807) is 36.6 Å². The number of nitrogens with zero attached hydrogens (tertiary/aromatic N) is 4. The van der Waals surface area contributed by atoms with Crippen LogP contribution in [0.4, 0.5) is 5.69 Å². The van der Waals surface area contributed by atoms with Crippen molar-refractivity contribution in [2.75, 3.05) is 18.5 Å². The van der Waals surface area contributed by atoms with Crippen molar-refractivity contribution in [1.82, 2.24) is 20.3 Å². The molecule has 8 nitrogen and oxygen atoms in total. The summed E-state index contributed by atoms with van der Waals surface area (Å²) in [6, 6.07) is 21.4. The molecule has 0 aliphatic heterocycles. The topological polar surface area (TPSA) is 97.3 Å². The SMILES string of the molecule is Cc1ccc2cccc(OCc3c(C)ccc(N(C)C(=O)CNC(=O)C=Cc4ccc(C=Cc5ccncc5)nc4)c3C)c2n1. The summed E-state index contributed by atoms with van der Waals surface area (Å²) in [6.07, 6.45) is 12.1. The van der Waals surface area contributed by atoms with Gasteiger partial charge in [0.15, 0.2) is 0 Å². The molecule has 0 aliphatic rings. The van der Waals surface area contributed by atoms with Gasteiger partial charge in [0.25, 0.3) is 0 Å². The number of ether oxygens (including phenoxy) is 1. The van der Waals surface area contributed by atoms with Crippen LogP contribution in [-0.4, -0.2) is 40.4 Å². The maximum Gasteiger partial charge on any atom is 0.246 e. The fraction of sp³-hybridized carbons (Fsp3) is 0.162. The number of aromatic nitrogens is 3. The van der Waals surface area contributed by atoms with Gasteiger partial charge in [-0.15, -0.1) is 0 Å². The molecule has 0 atom stereocenters. The molecule has 2 amide bonds. The highest BCUT2D eigenvalue weighted by Gasteiger charge is 2.17. The quantitative estimate of drug-likeness (QED) is 0.185. The van der Waals surface area contributed by atoms with Crippen LogP contribution in [0, 0.1) is 20.8 Å². The van der Waals surface area contributed by atoms with Crippen molar-refractivity contribution in [3.63, 3.8) is 0 Å². The Balaban J connectivity index is 1.17. The molecular formula is C37H35N5O3. The highest BCUT2D eigenvalue weighted by molar-refractivity contribution is 5.99. The first-order valence-corrected chi connectivity index (χ1v) is 14.6. The van der Waals surface area contributed by atoms with Crippen molar-refractivity contribution < 1.29 is 14.3 Å². The number of anilines is 1. The van der Waals surface area contributed by atoms with Gasteiger partial charge in [0.1, 0.15) is 17.9 Å². The first kappa shape index (κ1) is 30.8. The van der Waals surface area contributed by atoms with Crippen molar-refractivity contribution >= 4 is 46.6 Å². The molecule has 0 spiro atoms. The molecule has 0 unspecified atom stereocenters. The minimum atomic E-state index is -0.368. The third-order valence-corrected chi connectivity index (χ3v) is 7.54. The van der Waals surface area contributed by atoms with Crippen LogP contribution in [0.25, 0.3) is 29.1 Å². The fourth-order valence-electron chi connectivity index (χ4n) is 4.87. The van der Waals surface area contributed by atoms with Crippen molar-refractivity contribution in [3.8, 4) is 5.75 Å². The predicted octanol–water partition coefficient (Wildman–Crippen LogP) is 6.49. The molecule has 1 N–H and O–H groups in total. The number of likely N-dealkylation sites (N-methyl/N-ethyl adjacent to an activating group) is 1. The number of nitrogens with one attached hydrogen (secondary N) is 1. The molecule has 3 aromatic heterocycles. The normalized spacial score (nSPS) is 11.3. The zero-order valence-electron chi connectivity index (χ0n) is 25.8. The predicted molar refractivity (Wildman–Crippen MR) is 180 cm³/mol. The summed E-state index contributed by atoms with van der Waals surface area (Å²) in [7, 11) is 1.71. The standard InChI is InChI=1S/C37H35N5O3/c1-25-8-16-33(27(3)32(25)24-45-34-7-5-6-30-13-9-26(2)41-37(30)34)42(4)36(44)23-40-35(43)17-12-29-11-15-31(39-22-29)14-10-28-18-20-38-21-19-28/h5-22H,23-24H2,1-4H3,(H,40,43). The molecule has 8 heteroatoms. The largest absolute Gasteiger partial charge is 0.487 e. The molecule has 5 aromatic rings. The number of carbonyl (C=O) groups excluding carboxylic acids is 2. The van der Waals surface area contributed by atoms with Gasteiger partial charge in [0, 0.05) is 48.5 Å². The second kappa shape index (κ2) is 14.2. The lowest BCUT2D eigenvalue weighted by Crippen LogP contribution is -2.38. The Hall–Kier alpha value is -5.63. The summed E-state index contributed by atoms with van der Waals surface area (Å²) < 4.78 is 6.26.